The first-order valence-electron chi connectivity index (χ1n) is 6.26. The van der Waals surface area contributed by atoms with Crippen LogP contribution < -0.4 is 5.32 Å². The van der Waals surface area contributed by atoms with Gasteiger partial charge in [-0.3, -0.25) is 9.88 Å². The number of nitrogens with one attached hydrogen (secondary N) is 1. The van der Waals surface area contributed by atoms with E-state index in [-0.39, 0.29) is 0 Å². The molecule has 2 heterocycles. The Morgan fingerprint density at radius 1 is 1.00 bits per heavy atom. The zero-order valence-corrected chi connectivity index (χ0v) is 9.81. The van der Waals surface area contributed by atoms with Crippen molar-refractivity contribution in [1.82, 2.24) is 15.2 Å². The summed E-state index contributed by atoms with van der Waals surface area (Å²) in [5, 5.41) is 3.38. The zero-order valence-electron chi connectivity index (χ0n) is 9.81. The van der Waals surface area contributed by atoms with Gasteiger partial charge in [0.1, 0.15) is 0 Å². The lowest BCUT2D eigenvalue weighted by Crippen LogP contribution is -2.50. The molecular formula is C13H21N3. The molecule has 0 amide bonds. The largest absolute Gasteiger partial charge is 0.314 e. The number of pyridine rings is 1. The van der Waals surface area contributed by atoms with Gasteiger partial charge in [0.2, 0.25) is 0 Å². The Morgan fingerprint density at radius 2 is 1.69 bits per heavy atom. The Morgan fingerprint density at radius 3 is 2.06 bits per heavy atom. The minimum Gasteiger partial charge on any atom is -0.314 e. The van der Waals surface area contributed by atoms with E-state index >= 15 is 0 Å². The maximum absolute atomic E-state index is 3.78. The smallest absolute Gasteiger partial charge is 0.0267 e. The molecule has 1 aromatic rings. The predicted octanol–water partition coefficient (Wildman–Crippen LogP) is 1.53. The van der Waals surface area contributed by atoms with Crippen molar-refractivity contribution in [2.75, 3.05) is 26.2 Å². The van der Waals surface area contributed by atoms with Crippen molar-refractivity contribution in [2.24, 2.45) is 0 Å². The van der Waals surface area contributed by atoms with Crippen LogP contribution in [0.4, 0.5) is 0 Å². The van der Waals surface area contributed by atoms with Crippen LogP contribution in [0, 0.1) is 0 Å². The SMILES string of the molecule is C1CC(N2CCNCC2)C1.c1ccncc1. The molecular weight excluding hydrogens is 198 g/mol. The van der Waals surface area contributed by atoms with Crippen LogP contribution in [-0.2, 0) is 0 Å². The second kappa shape index (κ2) is 6.61. The van der Waals surface area contributed by atoms with E-state index in [1.54, 1.807) is 12.4 Å². The molecule has 1 aliphatic carbocycles. The topological polar surface area (TPSA) is 28.2 Å². The molecule has 1 N–H and O–H groups in total. The third kappa shape index (κ3) is 3.58. The first-order valence-corrected chi connectivity index (χ1v) is 6.26. The molecule has 0 spiro atoms. The number of aromatic nitrogens is 1. The minimum atomic E-state index is 0.960. The molecule has 16 heavy (non-hydrogen) atoms. The van der Waals surface area contributed by atoms with Gasteiger partial charge in [-0.05, 0) is 25.0 Å². The lowest BCUT2D eigenvalue weighted by Gasteiger charge is -2.39. The van der Waals surface area contributed by atoms with Gasteiger partial charge in [0.05, 0.1) is 0 Å². The van der Waals surface area contributed by atoms with E-state index in [4.69, 9.17) is 0 Å². The maximum atomic E-state index is 3.78. The van der Waals surface area contributed by atoms with Crippen LogP contribution in [0.25, 0.3) is 0 Å². The van der Waals surface area contributed by atoms with Gasteiger partial charge in [0, 0.05) is 44.6 Å². The monoisotopic (exact) mass is 219 g/mol. The minimum absolute atomic E-state index is 0.960. The molecule has 3 nitrogen and oxygen atoms in total. The number of hydrogen-bond acceptors (Lipinski definition) is 3. The van der Waals surface area contributed by atoms with Gasteiger partial charge in [-0.2, -0.15) is 0 Å². The van der Waals surface area contributed by atoms with Gasteiger partial charge in [-0.25, -0.2) is 0 Å². The van der Waals surface area contributed by atoms with E-state index in [2.05, 4.69) is 15.2 Å². The summed E-state index contributed by atoms with van der Waals surface area (Å²) < 4.78 is 0. The number of nitrogens with zero attached hydrogens (tertiary/aromatic N) is 2. The molecule has 3 heteroatoms. The van der Waals surface area contributed by atoms with Gasteiger partial charge in [0.25, 0.3) is 0 Å². The summed E-state index contributed by atoms with van der Waals surface area (Å²) in [5.74, 6) is 0. The normalized spacial score (nSPS) is 21.8. The second-order valence-electron chi connectivity index (χ2n) is 4.40. The van der Waals surface area contributed by atoms with Crippen LogP contribution in [0.1, 0.15) is 19.3 Å². The Kier molecular flexibility index (Phi) is 4.77. The van der Waals surface area contributed by atoms with E-state index in [1.807, 2.05) is 18.2 Å². The van der Waals surface area contributed by atoms with Crippen molar-refractivity contribution in [2.45, 2.75) is 25.3 Å². The molecule has 0 radical (unpaired) electrons. The van der Waals surface area contributed by atoms with Gasteiger partial charge in [-0.1, -0.05) is 12.5 Å². The number of hydrogen-bond donors (Lipinski definition) is 1. The maximum Gasteiger partial charge on any atom is 0.0267 e. The molecule has 2 fully saturated rings. The highest BCUT2D eigenvalue weighted by molar-refractivity contribution is 4.88. The summed E-state index contributed by atoms with van der Waals surface area (Å²) >= 11 is 0. The molecule has 1 aliphatic heterocycles. The quantitative estimate of drug-likeness (QED) is 0.776. The van der Waals surface area contributed by atoms with Crippen LogP contribution in [0.3, 0.4) is 0 Å². The van der Waals surface area contributed by atoms with Crippen molar-refractivity contribution in [3.8, 4) is 0 Å². The molecule has 2 aliphatic rings. The number of rotatable bonds is 1. The van der Waals surface area contributed by atoms with E-state index < -0.39 is 0 Å². The van der Waals surface area contributed by atoms with E-state index in [9.17, 15) is 0 Å². The first kappa shape index (κ1) is 11.6. The Balaban J connectivity index is 0.000000138. The molecule has 0 bridgehead atoms. The highest BCUT2D eigenvalue weighted by atomic mass is 15.2. The summed E-state index contributed by atoms with van der Waals surface area (Å²) in [4.78, 5) is 6.42. The van der Waals surface area contributed by atoms with Crippen molar-refractivity contribution >= 4 is 0 Å². The lowest BCUT2D eigenvalue weighted by atomic mass is 9.91. The first-order chi connectivity index (χ1) is 7.97. The summed E-state index contributed by atoms with van der Waals surface area (Å²) in [6, 6.07) is 6.68. The Hall–Kier alpha value is -0.930. The summed E-state index contributed by atoms with van der Waals surface area (Å²) in [6.45, 7) is 4.97. The van der Waals surface area contributed by atoms with Gasteiger partial charge >= 0.3 is 0 Å². The van der Waals surface area contributed by atoms with Crippen molar-refractivity contribution < 1.29 is 0 Å². The third-order valence-electron chi connectivity index (χ3n) is 3.31. The van der Waals surface area contributed by atoms with Crippen molar-refractivity contribution in [1.29, 1.82) is 0 Å². The van der Waals surface area contributed by atoms with E-state index in [0.29, 0.717) is 0 Å². The number of piperazine rings is 1. The third-order valence-corrected chi connectivity index (χ3v) is 3.31. The predicted molar refractivity (Wildman–Crippen MR) is 66.3 cm³/mol. The fourth-order valence-corrected chi connectivity index (χ4v) is 2.11. The second-order valence-corrected chi connectivity index (χ2v) is 4.40. The standard InChI is InChI=1S/C8H16N2.C5H5N/c1-2-8(3-1)10-6-4-9-5-7-10;1-2-4-6-5-3-1/h8-9H,1-7H2;1-5H. The van der Waals surface area contributed by atoms with Crippen LogP contribution >= 0.6 is 0 Å². The highest BCUT2D eigenvalue weighted by Crippen LogP contribution is 2.24. The molecule has 1 aromatic heterocycles. The highest BCUT2D eigenvalue weighted by Gasteiger charge is 2.25. The fraction of sp³-hybridized carbons (Fsp3) is 0.615. The van der Waals surface area contributed by atoms with E-state index in [0.717, 1.165) is 6.04 Å². The molecule has 0 unspecified atom stereocenters. The summed E-state index contributed by atoms with van der Waals surface area (Å²) in [6.07, 6.45) is 7.88. The van der Waals surface area contributed by atoms with Crippen LogP contribution in [0.2, 0.25) is 0 Å². The van der Waals surface area contributed by atoms with E-state index in [1.165, 1.54) is 45.4 Å². The van der Waals surface area contributed by atoms with Crippen molar-refractivity contribution in [3.63, 3.8) is 0 Å². The van der Waals surface area contributed by atoms with Gasteiger partial charge in [-0.15, -0.1) is 0 Å². The average molecular weight is 219 g/mol. The fourth-order valence-electron chi connectivity index (χ4n) is 2.11. The summed E-state index contributed by atoms with van der Waals surface area (Å²) in [5.41, 5.74) is 0. The Bertz CT molecular complexity index is 239. The Labute approximate surface area is 97.9 Å². The van der Waals surface area contributed by atoms with Crippen LogP contribution in [0.15, 0.2) is 30.6 Å². The van der Waals surface area contributed by atoms with Crippen LogP contribution in [-0.4, -0.2) is 42.1 Å². The van der Waals surface area contributed by atoms with Crippen molar-refractivity contribution in [3.05, 3.63) is 30.6 Å². The average Bonchev–Trinajstić information content (AvgIpc) is 2.31. The molecule has 1 saturated carbocycles. The van der Waals surface area contributed by atoms with Gasteiger partial charge < -0.3 is 5.32 Å². The molecule has 1 saturated heterocycles. The van der Waals surface area contributed by atoms with Gasteiger partial charge in [0.15, 0.2) is 0 Å². The van der Waals surface area contributed by atoms with Crippen LogP contribution in [0.5, 0.6) is 0 Å². The lowest BCUT2D eigenvalue weighted by molar-refractivity contribution is 0.112. The summed E-state index contributed by atoms with van der Waals surface area (Å²) in [7, 11) is 0. The zero-order chi connectivity index (χ0) is 11.1. The molecule has 88 valence electrons. The molecule has 0 atom stereocenters. The molecule has 0 aromatic carbocycles. The molecule has 3 rings (SSSR count).